The van der Waals surface area contributed by atoms with Crippen molar-refractivity contribution in [1.82, 2.24) is 5.32 Å². The van der Waals surface area contributed by atoms with Crippen molar-refractivity contribution in [2.75, 3.05) is 12.3 Å². The fourth-order valence-electron chi connectivity index (χ4n) is 1.82. The van der Waals surface area contributed by atoms with Crippen LogP contribution in [-0.2, 0) is 16.4 Å². The second-order valence-electron chi connectivity index (χ2n) is 4.40. The van der Waals surface area contributed by atoms with Crippen LogP contribution in [0.4, 0.5) is 0 Å². The summed E-state index contributed by atoms with van der Waals surface area (Å²) < 4.78 is 25.1. The molecule has 0 aliphatic carbocycles. The van der Waals surface area contributed by atoms with Gasteiger partial charge in [-0.2, -0.15) is 0 Å². The van der Waals surface area contributed by atoms with Gasteiger partial charge in [0.25, 0.3) is 0 Å². The van der Waals surface area contributed by atoms with Crippen LogP contribution in [-0.4, -0.2) is 20.7 Å². The predicted octanol–water partition coefficient (Wildman–Crippen LogP) is 3.01. The van der Waals surface area contributed by atoms with Crippen LogP contribution in [0.1, 0.15) is 5.56 Å². The summed E-state index contributed by atoms with van der Waals surface area (Å²) in [5.74, 6) is 0.0987. The Morgan fingerprint density at radius 2 is 1.60 bits per heavy atom. The Bertz CT molecular complexity index is 657. The second-order valence-corrected chi connectivity index (χ2v) is 7.36. The minimum absolute atomic E-state index is 0.0987. The Hall–Kier alpha value is -1.17. The van der Waals surface area contributed by atoms with Gasteiger partial charge in [-0.25, -0.2) is 8.42 Å². The summed E-state index contributed by atoms with van der Waals surface area (Å²) in [7, 11) is -3.20. The molecule has 0 saturated carbocycles. The zero-order chi connectivity index (χ0) is 14.4. The van der Waals surface area contributed by atoms with E-state index in [0.29, 0.717) is 18.0 Å². The highest BCUT2D eigenvalue weighted by Crippen LogP contribution is 2.15. The summed E-state index contributed by atoms with van der Waals surface area (Å²) in [5, 5.41) is 3.16. The molecule has 0 atom stereocenters. The highest BCUT2D eigenvalue weighted by atomic mass is 79.9. The van der Waals surface area contributed by atoms with Gasteiger partial charge in [0.2, 0.25) is 0 Å². The maximum Gasteiger partial charge on any atom is 0.179 e. The molecular weight excluding hydrogens is 338 g/mol. The van der Waals surface area contributed by atoms with Gasteiger partial charge in [0.15, 0.2) is 9.84 Å². The summed E-state index contributed by atoms with van der Waals surface area (Å²) in [6, 6.07) is 16.4. The van der Waals surface area contributed by atoms with E-state index in [1.54, 1.807) is 24.3 Å². The Kier molecular flexibility index (Phi) is 5.34. The lowest BCUT2D eigenvalue weighted by Gasteiger charge is -2.07. The number of hydrogen-bond donors (Lipinski definition) is 1. The van der Waals surface area contributed by atoms with E-state index in [4.69, 9.17) is 0 Å². The third-order valence-electron chi connectivity index (χ3n) is 2.92. The molecule has 0 amide bonds. The molecule has 20 heavy (non-hydrogen) atoms. The molecule has 2 rings (SSSR count). The van der Waals surface area contributed by atoms with Crippen LogP contribution in [0, 0.1) is 0 Å². The fourth-order valence-corrected chi connectivity index (χ4v) is 3.46. The summed E-state index contributed by atoms with van der Waals surface area (Å²) >= 11 is 3.47. The van der Waals surface area contributed by atoms with Crippen LogP contribution in [0.3, 0.4) is 0 Å². The lowest BCUT2D eigenvalue weighted by atomic mass is 10.2. The van der Waals surface area contributed by atoms with Gasteiger partial charge in [-0.05, 0) is 23.8 Å². The zero-order valence-corrected chi connectivity index (χ0v) is 13.3. The van der Waals surface area contributed by atoms with E-state index in [1.165, 1.54) is 0 Å². The van der Waals surface area contributed by atoms with Crippen LogP contribution in [0.2, 0.25) is 0 Å². The fraction of sp³-hybridized carbons (Fsp3) is 0.200. The van der Waals surface area contributed by atoms with Crippen molar-refractivity contribution in [3.05, 3.63) is 64.6 Å². The molecule has 0 bridgehead atoms. The predicted molar refractivity (Wildman–Crippen MR) is 84.3 cm³/mol. The first-order chi connectivity index (χ1) is 9.59. The molecule has 2 aromatic carbocycles. The number of hydrogen-bond acceptors (Lipinski definition) is 3. The number of benzene rings is 2. The second kappa shape index (κ2) is 7.02. The van der Waals surface area contributed by atoms with Crippen LogP contribution in [0.5, 0.6) is 0 Å². The molecule has 0 saturated heterocycles. The van der Waals surface area contributed by atoms with Crippen LogP contribution < -0.4 is 5.32 Å². The van der Waals surface area contributed by atoms with Gasteiger partial charge in [-0.3, -0.25) is 0 Å². The standard InChI is InChI=1S/C15H16BrNO2S/c16-15-9-5-4-6-13(15)12-17-10-11-20(18,19)14-7-2-1-3-8-14/h1-9,17H,10-12H2. The Balaban J connectivity index is 1.86. The van der Waals surface area contributed by atoms with Gasteiger partial charge in [-0.15, -0.1) is 0 Å². The molecule has 1 N–H and O–H groups in total. The molecule has 0 unspecified atom stereocenters. The SMILES string of the molecule is O=S(=O)(CCNCc1ccccc1Br)c1ccccc1. The third kappa shape index (κ3) is 4.16. The smallest absolute Gasteiger partial charge is 0.179 e. The minimum atomic E-state index is -3.20. The molecule has 0 fully saturated rings. The van der Waals surface area contributed by atoms with E-state index in [1.807, 2.05) is 30.3 Å². The summed E-state index contributed by atoms with van der Waals surface area (Å²) in [6.07, 6.45) is 0. The summed E-state index contributed by atoms with van der Waals surface area (Å²) in [5.41, 5.74) is 1.12. The average Bonchev–Trinajstić information content (AvgIpc) is 2.46. The zero-order valence-electron chi connectivity index (χ0n) is 10.9. The molecule has 0 aliphatic heterocycles. The monoisotopic (exact) mass is 353 g/mol. The van der Waals surface area contributed by atoms with Crippen LogP contribution in [0.15, 0.2) is 64.0 Å². The Morgan fingerprint density at radius 1 is 0.950 bits per heavy atom. The van der Waals surface area contributed by atoms with Crippen molar-refractivity contribution < 1.29 is 8.42 Å². The van der Waals surface area contributed by atoms with E-state index in [0.717, 1.165) is 10.0 Å². The van der Waals surface area contributed by atoms with Crippen molar-refractivity contribution in [3.63, 3.8) is 0 Å². The van der Waals surface area contributed by atoms with Gasteiger partial charge < -0.3 is 5.32 Å². The van der Waals surface area contributed by atoms with E-state index >= 15 is 0 Å². The Labute approximate surface area is 128 Å². The molecule has 5 heteroatoms. The highest BCUT2D eigenvalue weighted by molar-refractivity contribution is 9.10. The van der Waals surface area contributed by atoms with Crippen LogP contribution >= 0.6 is 15.9 Å². The first-order valence-corrected chi connectivity index (χ1v) is 8.76. The maximum absolute atomic E-state index is 12.1. The molecule has 3 nitrogen and oxygen atoms in total. The normalized spacial score (nSPS) is 11.4. The van der Waals surface area contributed by atoms with Crippen molar-refractivity contribution in [2.45, 2.75) is 11.4 Å². The summed E-state index contributed by atoms with van der Waals surface area (Å²) in [6.45, 7) is 1.07. The molecular formula is C15H16BrNO2S. The molecule has 106 valence electrons. The van der Waals surface area contributed by atoms with E-state index in [-0.39, 0.29) is 5.75 Å². The lowest BCUT2D eigenvalue weighted by Crippen LogP contribution is -2.22. The minimum Gasteiger partial charge on any atom is -0.312 e. The van der Waals surface area contributed by atoms with Crippen molar-refractivity contribution >= 4 is 25.8 Å². The molecule has 0 spiro atoms. The van der Waals surface area contributed by atoms with Crippen molar-refractivity contribution in [2.24, 2.45) is 0 Å². The maximum atomic E-state index is 12.1. The van der Waals surface area contributed by atoms with Gasteiger partial charge >= 0.3 is 0 Å². The van der Waals surface area contributed by atoms with Crippen molar-refractivity contribution in [3.8, 4) is 0 Å². The summed E-state index contributed by atoms with van der Waals surface area (Å²) in [4.78, 5) is 0.377. The largest absolute Gasteiger partial charge is 0.312 e. The Morgan fingerprint density at radius 3 is 2.30 bits per heavy atom. The third-order valence-corrected chi connectivity index (χ3v) is 5.43. The molecule has 0 aliphatic rings. The lowest BCUT2D eigenvalue weighted by molar-refractivity contribution is 0.590. The quantitative estimate of drug-likeness (QED) is 0.812. The van der Waals surface area contributed by atoms with E-state index < -0.39 is 9.84 Å². The molecule has 0 radical (unpaired) electrons. The van der Waals surface area contributed by atoms with Gasteiger partial charge in [-0.1, -0.05) is 52.3 Å². The first kappa shape index (κ1) is 15.2. The first-order valence-electron chi connectivity index (χ1n) is 6.31. The molecule has 0 aromatic heterocycles. The number of halogens is 1. The van der Waals surface area contributed by atoms with Gasteiger partial charge in [0.1, 0.15) is 0 Å². The number of sulfone groups is 1. The van der Waals surface area contributed by atoms with Gasteiger partial charge in [0.05, 0.1) is 10.6 Å². The van der Waals surface area contributed by atoms with E-state index in [9.17, 15) is 8.42 Å². The molecule has 2 aromatic rings. The van der Waals surface area contributed by atoms with E-state index in [2.05, 4.69) is 21.2 Å². The number of rotatable bonds is 6. The van der Waals surface area contributed by atoms with Crippen molar-refractivity contribution in [1.29, 1.82) is 0 Å². The highest BCUT2D eigenvalue weighted by Gasteiger charge is 2.12. The van der Waals surface area contributed by atoms with Crippen LogP contribution in [0.25, 0.3) is 0 Å². The number of nitrogens with one attached hydrogen (secondary N) is 1. The average molecular weight is 354 g/mol. The molecule has 0 heterocycles. The van der Waals surface area contributed by atoms with Gasteiger partial charge in [0, 0.05) is 17.6 Å². The topological polar surface area (TPSA) is 46.2 Å².